The van der Waals surface area contributed by atoms with Crippen LogP contribution in [0.25, 0.3) is 0 Å². The van der Waals surface area contributed by atoms with Gasteiger partial charge in [-0.05, 0) is 31.4 Å². The van der Waals surface area contributed by atoms with Crippen LogP contribution in [0, 0.1) is 6.92 Å². The van der Waals surface area contributed by atoms with E-state index in [1.807, 2.05) is 0 Å². The molecule has 0 aliphatic rings. The summed E-state index contributed by atoms with van der Waals surface area (Å²) in [6.45, 7) is 2.24. The number of aliphatic carboxylic acids is 1. The Kier molecular flexibility index (Phi) is 6.98. The topological polar surface area (TPSA) is 87.7 Å². The number of hydrogen-bond donors (Lipinski definition) is 3. The number of carboxylic acids is 1. The van der Waals surface area contributed by atoms with Crippen molar-refractivity contribution in [2.45, 2.75) is 25.8 Å². The van der Waals surface area contributed by atoms with Gasteiger partial charge in [-0.1, -0.05) is 23.7 Å². The normalized spacial score (nSPS) is 11.8. The lowest BCUT2D eigenvalue weighted by Gasteiger charge is -2.16. The fourth-order valence-electron chi connectivity index (χ4n) is 1.79. The van der Waals surface area contributed by atoms with Gasteiger partial charge in [0.2, 0.25) is 0 Å². The molecule has 1 aromatic carbocycles. The van der Waals surface area contributed by atoms with Crippen molar-refractivity contribution in [3.05, 3.63) is 28.8 Å². The number of amides is 2. The maximum absolute atomic E-state index is 11.9. The van der Waals surface area contributed by atoms with Crippen molar-refractivity contribution < 1.29 is 19.4 Å². The van der Waals surface area contributed by atoms with Crippen LogP contribution in [0.15, 0.2) is 18.2 Å². The molecule has 1 atom stereocenters. The second-order valence-corrected chi connectivity index (χ2v) is 4.96. The summed E-state index contributed by atoms with van der Waals surface area (Å²) in [6, 6.07) is 3.65. The Hall–Kier alpha value is -1.79. The fourth-order valence-corrected chi connectivity index (χ4v) is 2.06. The van der Waals surface area contributed by atoms with Crippen molar-refractivity contribution in [2.75, 3.05) is 19.0 Å². The molecular weight excluding hydrogens is 296 g/mol. The molecule has 1 unspecified atom stereocenters. The Morgan fingerprint density at radius 1 is 1.43 bits per heavy atom. The highest BCUT2D eigenvalue weighted by molar-refractivity contribution is 6.33. The maximum atomic E-state index is 11.9. The number of methoxy groups -OCH3 is 1. The van der Waals surface area contributed by atoms with Gasteiger partial charge in [-0.3, -0.25) is 0 Å². The van der Waals surface area contributed by atoms with Crippen molar-refractivity contribution in [2.24, 2.45) is 0 Å². The zero-order valence-electron chi connectivity index (χ0n) is 12.0. The van der Waals surface area contributed by atoms with E-state index < -0.39 is 18.0 Å². The van der Waals surface area contributed by atoms with Crippen molar-refractivity contribution in [3.8, 4) is 0 Å². The number of hydrogen-bond acceptors (Lipinski definition) is 3. The molecule has 116 valence electrons. The molecule has 0 bridgehead atoms. The van der Waals surface area contributed by atoms with Gasteiger partial charge in [-0.2, -0.15) is 0 Å². The standard InChI is InChI=1S/C14H19ClN2O4/c1-9-5-3-6-10(15)12(9)17-14(20)16-11(13(18)19)7-4-8-21-2/h3,5-6,11H,4,7-8H2,1-2H3,(H,18,19)(H2,16,17,20). The summed E-state index contributed by atoms with van der Waals surface area (Å²) < 4.78 is 4.87. The van der Waals surface area contributed by atoms with E-state index >= 15 is 0 Å². The predicted octanol–water partition coefficient (Wildman–Crippen LogP) is 2.65. The Labute approximate surface area is 128 Å². The lowest BCUT2D eigenvalue weighted by atomic mass is 10.1. The first-order chi connectivity index (χ1) is 9.95. The number of carbonyl (C=O) groups excluding carboxylic acids is 1. The molecule has 0 saturated heterocycles. The molecule has 1 aromatic rings. The second kappa shape index (κ2) is 8.49. The van der Waals surface area contributed by atoms with Gasteiger partial charge in [-0.15, -0.1) is 0 Å². The fraction of sp³-hybridized carbons (Fsp3) is 0.429. The minimum Gasteiger partial charge on any atom is -0.480 e. The molecule has 6 nitrogen and oxygen atoms in total. The molecular formula is C14H19ClN2O4. The van der Waals surface area contributed by atoms with Gasteiger partial charge in [0.15, 0.2) is 0 Å². The predicted molar refractivity (Wildman–Crippen MR) is 80.9 cm³/mol. The monoisotopic (exact) mass is 314 g/mol. The number of benzene rings is 1. The zero-order valence-corrected chi connectivity index (χ0v) is 12.7. The maximum Gasteiger partial charge on any atom is 0.326 e. The average molecular weight is 315 g/mol. The molecule has 1 rings (SSSR count). The number of ether oxygens (including phenoxy) is 1. The number of halogens is 1. The van der Waals surface area contributed by atoms with Crippen LogP contribution in [0.3, 0.4) is 0 Å². The smallest absolute Gasteiger partial charge is 0.326 e. The lowest BCUT2D eigenvalue weighted by Crippen LogP contribution is -2.43. The summed E-state index contributed by atoms with van der Waals surface area (Å²) in [5.74, 6) is -1.09. The first-order valence-electron chi connectivity index (χ1n) is 6.50. The molecule has 0 saturated carbocycles. The summed E-state index contributed by atoms with van der Waals surface area (Å²) in [7, 11) is 1.54. The van der Waals surface area contributed by atoms with Gasteiger partial charge in [-0.25, -0.2) is 9.59 Å². The molecule has 0 aromatic heterocycles. The van der Waals surface area contributed by atoms with E-state index in [1.54, 1.807) is 25.1 Å². The van der Waals surface area contributed by atoms with E-state index in [2.05, 4.69) is 10.6 Å². The number of aryl methyl sites for hydroxylation is 1. The highest BCUT2D eigenvalue weighted by atomic mass is 35.5. The molecule has 0 aliphatic carbocycles. The Bertz CT molecular complexity index is 487. The summed E-state index contributed by atoms with van der Waals surface area (Å²) in [5.41, 5.74) is 1.27. The molecule has 0 heterocycles. The quantitative estimate of drug-likeness (QED) is 0.675. The molecule has 3 N–H and O–H groups in total. The highest BCUT2D eigenvalue weighted by Crippen LogP contribution is 2.24. The van der Waals surface area contributed by atoms with Crippen LogP contribution in [0.1, 0.15) is 18.4 Å². The van der Waals surface area contributed by atoms with Crippen LogP contribution in [0.5, 0.6) is 0 Å². The van der Waals surface area contributed by atoms with Crippen LogP contribution in [0.4, 0.5) is 10.5 Å². The highest BCUT2D eigenvalue weighted by Gasteiger charge is 2.20. The number of urea groups is 1. The minimum absolute atomic E-state index is 0.290. The summed E-state index contributed by atoms with van der Waals surface area (Å²) >= 11 is 6.00. The van der Waals surface area contributed by atoms with Crippen molar-refractivity contribution in [1.82, 2.24) is 5.32 Å². The summed E-state index contributed by atoms with van der Waals surface area (Å²) in [6.07, 6.45) is 0.830. The van der Waals surface area contributed by atoms with E-state index in [0.29, 0.717) is 23.7 Å². The minimum atomic E-state index is -1.09. The largest absolute Gasteiger partial charge is 0.480 e. The number of rotatable bonds is 7. The van der Waals surface area contributed by atoms with Crippen LogP contribution >= 0.6 is 11.6 Å². The molecule has 0 radical (unpaired) electrons. The first-order valence-corrected chi connectivity index (χ1v) is 6.88. The van der Waals surface area contributed by atoms with Crippen LogP contribution in [0.2, 0.25) is 5.02 Å². The molecule has 0 fully saturated rings. The number of carbonyl (C=O) groups is 2. The van der Waals surface area contributed by atoms with Gasteiger partial charge in [0.1, 0.15) is 6.04 Å². The average Bonchev–Trinajstić information content (AvgIpc) is 2.42. The van der Waals surface area contributed by atoms with E-state index in [1.165, 1.54) is 7.11 Å². The number of para-hydroxylation sites is 1. The SMILES string of the molecule is COCCCC(NC(=O)Nc1c(C)cccc1Cl)C(=O)O. The molecule has 7 heteroatoms. The van der Waals surface area contributed by atoms with E-state index in [-0.39, 0.29) is 6.42 Å². The number of carboxylic acid groups (broad SMARTS) is 1. The van der Waals surface area contributed by atoms with Crippen LogP contribution < -0.4 is 10.6 Å². The van der Waals surface area contributed by atoms with Crippen LogP contribution in [-0.2, 0) is 9.53 Å². The van der Waals surface area contributed by atoms with Crippen molar-refractivity contribution in [3.63, 3.8) is 0 Å². The van der Waals surface area contributed by atoms with Crippen molar-refractivity contribution in [1.29, 1.82) is 0 Å². The van der Waals surface area contributed by atoms with E-state index in [0.717, 1.165) is 5.56 Å². The van der Waals surface area contributed by atoms with Gasteiger partial charge in [0.05, 0.1) is 10.7 Å². The number of anilines is 1. The molecule has 2 amide bonds. The van der Waals surface area contributed by atoms with E-state index in [9.17, 15) is 9.59 Å². The number of nitrogens with one attached hydrogen (secondary N) is 2. The summed E-state index contributed by atoms with van der Waals surface area (Å²) in [5, 5.41) is 14.5. The van der Waals surface area contributed by atoms with Gasteiger partial charge < -0.3 is 20.5 Å². The molecule has 21 heavy (non-hydrogen) atoms. The zero-order chi connectivity index (χ0) is 15.8. The Morgan fingerprint density at radius 2 is 2.14 bits per heavy atom. The van der Waals surface area contributed by atoms with E-state index in [4.69, 9.17) is 21.4 Å². The van der Waals surface area contributed by atoms with Crippen LogP contribution in [-0.4, -0.2) is 36.9 Å². The third-order valence-electron chi connectivity index (χ3n) is 2.91. The Balaban J connectivity index is 2.63. The summed E-state index contributed by atoms with van der Waals surface area (Å²) in [4.78, 5) is 23.0. The van der Waals surface area contributed by atoms with Gasteiger partial charge >= 0.3 is 12.0 Å². The molecule has 0 aliphatic heterocycles. The lowest BCUT2D eigenvalue weighted by molar-refractivity contribution is -0.139. The second-order valence-electron chi connectivity index (χ2n) is 4.56. The van der Waals surface area contributed by atoms with Gasteiger partial charge in [0, 0.05) is 13.7 Å². The van der Waals surface area contributed by atoms with Crippen molar-refractivity contribution >= 4 is 29.3 Å². The third kappa shape index (κ3) is 5.61. The third-order valence-corrected chi connectivity index (χ3v) is 3.22. The Morgan fingerprint density at radius 3 is 2.71 bits per heavy atom. The van der Waals surface area contributed by atoms with Gasteiger partial charge in [0.25, 0.3) is 0 Å². The molecule has 0 spiro atoms. The first kappa shape index (κ1) is 17.3.